The molecule has 0 bridgehead atoms. The first-order valence-corrected chi connectivity index (χ1v) is 6.84. The van der Waals surface area contributed by atoms with Gasteiger partial charge in [-0.3, -0.25) is 0 Å². The Bertz CT molecular complexity index is 735. The fourth-order valence-corrected chi connectivity index (χ4v) is 1.93. The lowest BCUT2D eigenvalue weighted by atomic mass is 10.1. The van der Waals surface area contributed by atoms with Crippen LogP contribution in [-0.2, 0) is 9.47 Å². The van der Waals surface area contributed by atoms with Gasteiger partial charge < -0.3 is 9.47 Å². The highest BCUT2D eigenvalue weighted by Crippen LogP contribution is 2.24. The highest BCUT2D eigenvalue weighted by atomic mass is 16.5. The SMILES string of the molecule is COC(=O)c1cc(N=Nc2ccccc2C)cc(C(=O)OC)c1. The second kappa shape index (κ2) is 7.31. The van der Waals surface area contributed by atoms with Crippen molar-refractivity contribution in [2.24, 2.45) is 10.2 Å². The molecule has 0 atom stereocenters. The maximum absolute atomic E-state index is 11.7. The van der Waals surface area contributed by atoms with E-state index < -0.39 is 11.9 Å². The number of aryl methyl sites for hydroxylation is 1. The van der Waals surface area contributed by atoms with Crippen LogP contribution in [-0.4, -0.2) is 26.2 Å². The van der Waals surface area contributed by atoms with Crippen LogP contribution < -0.4 is 0 Å². The van der Waals surface area contributed by atoms with Gasteiger partial charge in [0, 0.05) is 0 Å². The van der Waals surface area contributed by atoms with Crippen molar-refractivity contribution in [2.45, 2.75) is 6.92 Å². The van der Waals surface area contributed by atoms with E-state index in [0.717, 1.165) is 5.56 Å². The number of benzene rings is 2. The lowest BCUT2D eigenvalue weighted by molar-refractivity contribution is 0.0599. The summed E-state index contributed by atoms with van der Waals surface area (Å²) in [5.74, 6) is -1.13. The number of hydrogen-bond donors (Lipinski definition) is 0. The number of rotatable bonds is 4. The first-order chi connectivity index (χ1) is 11.0. The molecule has 0 aliphatic heterocycles. The number of esters is 2. The molecule has 6 heteroatoms. The molecule has 2 rings (SSSR count). The molecule has 0 unspecified atom stereocenters. The highest BCUT2D eigenvalue weighted by molar-refractivity contribution is 5.96. The van der Waals surface area contributed by atoms with Gasteiger partial charge in [0.2, 0.25) is 0 Å². The van der Waals surface area contributed by atoms with Gasteiger partial charge in [0.05, 0.1) is 36.7 Å². The Kier molecular flexibility index (Phi) is 5.19. The normalized spacial score (nSPS) is 10.6. The standard InChI is InChI=1S/C17H16N2O4/c1-11-6-4-5-7-15(11)19-18-14-9-12(16(20)22-2)8-13(10-14)17(21)23-3/h4-10H,1-3H3. The summed E-state index contributed by atoms with van der Waals surface area (Å²) in [7, 11) is 2.53. The molecule has 118 valence electrons. The third kappa shape index (κ3) is 4.00. The van der Waals surface area contributed by atoms with Crippen LogP contribution in [0.5, 0.6) is 0 Å². The summed E-state index contributed by atoms with van der Waals surface area (Å²) < 4.78 is 9.36. The van der Waals surface area contributed by atoms with Crippen molar-refractivity contribution in [3.05, 3.63) is 59.2 Å². The van der Waals surface area contributed by atoms with E-state index >= 15 is 0 Å². The van der Waals surface area contributed by atoms with Gasteiger partial charge in [-0.05, 0) is 36.8 Å². The predicted octanol–water partition coefficient (Wildman–Crippen LogP) is 3.98. The molecule has 0 fully saturated rings. The zero-order valence-electron chi connectivity index (χ0n) is 13.1. The Morgan fingerprint density at radius 1 is 0.870 bits per heavy atom. The van der Waals surface area contributed by atoms with E-state index in [-0.39, 0.29) is 11.1 Å². The minimum absolute atomic E-state index is 0.203. The van der Waals surface area contributed by atoms with Gasteiger partial charge in [-0.15, -0.1) is 0 Å². The second-order valence-electron chi connectivity index (χ2n) is 4.74. The Hall–Kier alpha value is -3.02. The van der Waals surface area contributed by atoms with Crippen molar-refractivity contribution in [3.63, 3.8) is 0 Å². The molecular formula is C17H16N2O4. The minimum Gasteiger partial charge on any atom is -0.465 e. The zero-order chi connectivity index (χ0) is 16.8. The summed E-state index contributed by atoms with van der Waals surface area (Å²) in [5, 5.41) is 8.25. The third-order valence-corrected chi connectivity index (χ3v) is 3.15. The quantitative estimate of drug-likeness (QED) is 0.632. The van der Waals surface area contributed by atoms with Crippen molar-refractivity contribution in [1.82, 2.24) is 0 Å². The van der Waals surface area contributed by atoms with Crippen LogP contribution in [0.1, 0.15) is 26.3 Å². The summed E-state index contributed by atoms with van der Waals surface area (Å²) in [4.78, 5) is 23.4. The van der Waals surface area contributed by atoms with E-state index in [0.29, 0.717) is 11.4 Å². The first-order valence-electron chi connectivity index (χ1n) is 6.84. The monoisotopic (exact) mass is 312 g/mol. The van der Waals surface area contributed by atoms with Crippen LogP contribution in [0, 0.1) is 6.92 Å². The van der Waals surface area contributed by atoms with E-state index in [4.69, 9.17) is 0 Å². The lowest BCUT2D eigenvalue weighted by Gasteiger charge is -2.05. The van der Waals surface area contributed by atoms with Crippen LogP contribution >= 0.6 is 0 Å². The van der Waals surface area contributed by atoms with Gasteiger partial charge in [-0.1, -0.05) is 18.2 Å². The average molecular weight is 312 g/mol. The summed E-state index contributed by atoms with van der Waals surface area (Å²) >= 11 is 0. The van der Waals surface area contributed by atoms with Crippen molar-refractivity contribution in [1.29, 1.82) is 0 Å². The van der Waals surface area contributed by atoms with Gasteiger partial charge in [0.25, 0.3) is 0 Å². The number of ether oxygens (including phenoxy) is 2. The van der Waals surface area contributed by atoms with Gasteiger partial charge in [0.1, 0.15) is 0 Å². The van der Waals surface area contributed by atoms with Crippen LogP contribution in [0.4, 0.5) is 11.4 Å². The molecule has 0 heterocycles. The van der Waals surface area contributed by atoms with Gasteiger partial charge >= 0.3 is 11.9 Å². The molecule has 23 heavy (non-hydrogen) atoms. The Morgan fingerprint density at radius 3 is 1.96 bits per heavy atom. The highest BCUT2D eigenvalue weighted by Gasteiger charge is 2.13. The van der Waals surface area contributed by atoms with E-state index in [1.54, 1.807) is 0 Å². The molecule has 0 N–H and O–H groups in total. The number of nitrogens with zero attached hydrogens (tertiary/aromatic N) is 2. The smallest absolute Gasteiger partial charge is 0.337 e. The fourth-order valence-electron chi connectivity index (χ4n) is 1.93. The molecule has 0 aliphatic rings. The maximum atomic E-state index is 11.7. The molecule has 6 nitrogen and oxygen atoms in total. The summed E-state index contributed by atoms with van der Waals surface area (Å²) in [6.45, 7) is 1.92. The number of carbonyl (C=O) groups is 2. The average Bonchev–Trinajstić information content (AvgIpc) is 2.59. The predicted molar refractivity (Wildman–Crippen MR) is 84.5 cm³/mol. The molecule has 0 spiro atoms. The van der Waals surface area contributed by atoms with E-state index in [2.05, 4.69) is 19.7 Å². The molecule has 2 aromatic rings. The van der Waals surface area contributed by atoms with Crippen LogP contribution in [0.15, 0.2) is 52.7 Å². The van der Waals surface area contributed by atoms with Crippen molar-refractivity contribution in [2.75, 3.05) is 14.2 Å². The zero-order valence-corrected chi connectivity index (χ0v) is 13.1. The number of methoxy groups -OCH3 is 2. The van der Waals surface area contributed by atoms with Gasteiger partial charge in [-0.25, -0.2) is 9.59 Å². The van der Waals surface area contributed by atoms with Crippen molar-refractivity contribution in [3.8, 4) is 0 Å². The summed E-state index contributed by atoms with van der Waals surface area (Å²) in [5.41, 5.74) is 2.43. The molecule has 0 aliphatic carbocycles. The van der Waals surface area contributed by atoms with Crippen LogP contribution in [0.2, 0.25) is 0 Å². The Balaban J connectivity index is 2.43. The molecular weight excluding hydrogens is 296 g/mol. The molecule has 0 radical (unpaired) electrons. The fraction of sp³-hybridized carbons (Fsp3) is 0.176. The largest absolute Gasteiger partial charge is 0.465 e. The number of hydrogen-bond acceptors (Lipinski definition) is 6. The lowest BCUT2D eigenvalue weighted by Crippen LogP contribution is -2.06. The molecule has 0 aromatic heterocycles. The number of carbonyl (C=O) groups excluding carboxylic acids is 2. The molecule has 0 saturated heterocycles. The molecule has 0 saturated carbocycles. The van der Waals surface area contributed by atoms with Crippen molar-refractivity contribution >= 4 is 23.3 Å². The van der Waals surface area contributed by atoms with E-state index in [1.807, 2.05) is 31.2 Å². The second-order valence-corrected chi connectivity index (χ2v) is 4.74. The van der Waals surface area contributed by atoms with Crippen LogP contribution in [0.25, 0.3) is 0 Å². The first kappa shape index (κ1) is 16.4. The minimum atomic E-state index is -0.567. The van der Waals surface area contributed by atoms with Gasteiger partial charge in [0.15, 0.2) is 0 Å². The van der Waals surface area contributed by atoms with E-state index in [9.17, 15) is 9.59 Å². The Labute approximate surface area is 133 Å². The molecule has 0 amide bonds. The summed E-state index contributed by atoms with van der Waals surface area (Å²) in [6, 6.07) is 11.9. The molecule has 2 aromatic carbocycles. The third-order valence-electron chi connectivity index (χ3n) is 3.15. The topological polar surface area (TPSA) is 77.3 Å². The Morgan fingerprint density at radius 2 is 1.43 bits per heavy atom. The van der Waals surface area contributed by atoms with Crippen molar-refractivity contribution < 1.29 is 19.1 Å². The van der Waals surface area contributed by atoms with Crippen LogP contribution in [0.3, 0.4) is 0 Å². The number of azo groups is 1. The summed E-state index contributed by atoms with van der Waals surface area (Å²) in [6.07, 6.45) is 0. The maximum Gasteiger partial charge on any atom is 0.337 e. The van der Waals surface area contributed by atoms with E-state index in [1.165, 1.54) is 32.4 Å². The van der Waals surface area contributed by atoms with Gasteiger partial charge in [-0.2, -0.15) is 10.2 Å².